The summed E-state index contributed by atoms with van der Waals surface area (Å²) in [5.41, 5.74) is 4.10. The fraction of sp³-hybridized carbons (Fsp3) is 0.419. The van der Waals surface area contributed by atoms with Gasteiger partial charge in [0.2, 0.25) is 11.7 Å². The molecule has 0 saturated heterocycles. The topological polar surface area (TPSA) is 136 Å². The predicted molar refractivity (Wildman–Crippen MR) is 210 cm³/mol. The molecule has 1 saturated carbocycles. The number of amides is 1. The zero-order valence-corrected chi connectivity index (χ0v) is 31.8. The van der Waals surface area contributed by atoms with E-state index in [1.54, 1.807) is 43.1 Å². The van der Waals surface area contributed by atoms with Crippen molar-refractivity contribution in [2.75, 3.05) is 32.2 Å². The highest BCUT2D eigenvalue weighted by Crippen LogP contribution is 2.63. The number of aldehydes is 1. The highest BCUT2D eigenvalue weighted by atomic mass is 32.2. The number of nitrogens with zero attached hydrogens (tertiary/aromatic N) is 1. The van der Waals surface area contributed by atoms with E-state index >= 15 is 0 Å². The maximum Gasteiger partial charge on any atom is 0.231 e. The van der Waals surface area contributed by atoms with E-state index in [0.717, 1.165) is 53.7 Å². The lowest BCUT2D eigenvalue weighted by atomic mass is 9.56. The summed E-state index contributed by atoms with van der Waals surface area (Å²) in [5, 5.41) is 26.8. The van der Waals surface area contributed by atoms with E-state index in [1.165, 1.54) is 6.92 Å². The number of allylic oxidation sites excluding steroid dienone is 1. The van der Waals surface area contributed by atoms with Gasteiger partial charge in [0.1, 0.15) is 30.6 Å². The molecule has 0 bridgehead atoms. The lowest BCUT2D eigenvalue weighted by molar-refractivity contribution is -0.223. The van der Waals surface area contributed by atoms with Crippen LogP contribution in [-0.4, -0.2) is 66.1 Å². The minimum absolute atomic E-state index is 0.103. The van der Waals surface area contributed by atoms with Crippen molar-refractivity contribution in [2.45, 2.75) is 73.7 Å². The Morgan fingerprint density at radius 1 is 1.04 bits per heavy atom. The van der Waals surface area contributed by atoms with Gasteiger partial charge in [-0.05, 0) is 97.7 Å². The molecule has 54 heavy (non-hydrogen) atoms. The number of hydrogen-bond acceptors (Lipinski definition) is 10. The normalized spacial score (nSPS) is 24.7. The average molecular weight is 755 g/mol. The van der Waals surface area contributed by atoms with Crippen LogP contribution in [0.5, 0.6) is 17.2 Å². The van der Waals surface area contributed by atoms with Crippen molar-refractivity contribution in [3.63, 3.8) is 0 Å². The Hall–Kier alpha value is -4.42. The summed E-state index contributed by atoms with van der Waals surface area (Å²) < 4.78 is 20.6. The molecule has 3 aromatic carbocycles. The van der Waals surface area contributed by atoms with Crippen LogP contribution >= 0.6 is 11.8 Å². The zero-order chi connectivity index (χ0) is 38.1. The summed E-state index contributed by atoms with van der Waals surface area (Å²) in [6.07, 6.45) is 10.2. The van der Waals surface area contributed by atoms with Gasteiger partial charge in [0.15, 0.2) is 0 Å². The lowest BCUT2D eigenvalue weighted by Gasteiger charge is -2.58. The summed E-state index contributed by atoms with van der Waals surface area (Å²) in [5.74, 6) is 0.482. The number of benzene rings is 3. The largest absolute Gasteiger partial charge is 0.460 e. The first-order valence-corrected chi connectivity index (χ1v) is 19.6. The number of aliphatic hydroxyl groups excluding tert-OH is 2. The number of unbranched alkanes of at least 4 members (excludes halogenated alkanes) is 2. The highest BCUT2D eigenvalue weighted by molar-refractivity contribution is 8.00. The van der Waals surface area contributed by atoms with Crippen LogP contribution in [0.2, 0.25) is 0 Å². The van der Waals surface area contributed by atoms with Gasteiger partial charge in [-0.3, -0.25) is 9.59 Å². The van der Waals surface area contributed by atoms with E-state index in [0.29, 0.717) is 47.8 Å². The summed E-state index contributed by atoms with van der Waals surface area (Å²) in [6.45, 7) is 5.99. The number of rotatable bonds is 18. The molecule has 3 aromatic rings. The number of hydrogen-bond donors (Lipinski definition) is 3. The van der Waals surface area contributed by atoms with Gasteiger partial charge >= 0.3 is 0 Å². The summed E-state index contributed by atoms with van der Waals surface area (Å²) in [7, 11) is 1.57. The molecule has 3 N–H and O–H groups in total. The molecule has 6 atom stereocenters. The average Bonchev–Trinajstić information content (AvgIpc) is 3.17. The highest BCUT2D eigenvalue weighted by Gasteiger charge is 2.64. The van der Waals surface area contributed by atoms with Crippen LogP contribution in [0.3, 0.4) is 0 Å². The number of thioether (sulfide) groups is 1. The molecule has 11 heteroatoms. The number of nitrogens with one attached hydrogen (secondary N) is 1. The quantitative estimate of drug-likeness (QED) is 0.0507. The van der Waals surface area contributed by atoms with Crippen LogP contribution in [0.25, 0.3) is 0 Å². The standard InChI is InChI=1S/C43H50N2O8S/c1-4-22-51-43-40(54-34-17-14-31(15-18-34)44-28(2)49)26-38(45-50-3)36-24-30(11-5-7-20-46)35(13-6-8-21-47)41(42(36)43)37-25-33(16-19-39(37)53-43)52-32-12-9-10-29(23-32)27-48/h4,9-10,12,14-19,23-25,27,30,35,40-42,46-47H,1,5-8,11,13,20-22,26H2,2-3H3,(H,44,49). The van der Waals surface area contributed by atoms with Crippen LogP contribution in [0.1, 0.15) is 73.7 Å². The van der Waals surface area contributed by atoms with Gasteiger partial charge in [0.05, 0.1) is 23.5 Å². The predicted octanol–water partition coefficient (Wildman–Crippen LogP) is 8.31. The minimum atomic E-state index is -1.14. The number of carbonyl (C=O) groups excluding carboxylic acids is 2. The number of oxime groups is 1. The molecule has 3 aliphatic rings. The molecule has 6 unspecified atom stereocenters. The van der Waals surface area contributed by atoms with Gasteiger partial charge in [-0.2, -0.15) is 0 Å². The Bertz CT molecular complexity index is 1850. The first kappa shape index (κ1) is 39.3. The molecule has 286 valence electrons. The fourth-order valence-corrected chi connectivity index (χ4v) is 9.66. The first-order chi connectivity index (χ1) is 26.3. The molecule has 1 aliphatic heterocycles. The molecular weight excluding hydrogens is 705 g/mol. The molecule has 0 aromatic heterocycles. The smallest absolute Gasteiger partial charge is 0.231 e. The van der Waals surface area contributed by atoms with E-state index in [4.69, 9.17) is 19.0 Å². The Balaban J connectivity index is 1.52. The van der Waals surface area contributed by atoms with Crippen molar-refractivity contribution < 1.29 is 38.9 Å². The van der Waals surface area contributed by atoms with Gasteiger partial charge in [-0.15, -0.1) is 18.3 Å². The maximum absolute atomic E-state index is 11.7. The third kappa shape index (κ3) is 8.60. The Morgan fingerprint density at radius 3 is 2.50 bits per heavy atom. The van der Waals surface area contributed by atoms with Crippen molar-refractivity contribution >= 4 is 35.4 Å². The van der Waals surface area contributed by atoms with E-state index < -0.39 is 5.79 Å². The number of ether oxygens (including phenoxy) is 3. The van der Waals surface area contributed by atoms with Gasteiger partial charge in [-0.1, -0.05) is 42.3 Å². The van der Waals surface area contributed by atoms with Crippen LogP contribution in [0, 0.1) is 17.8 Å². The third-order valence-electron chi connectivity index (χ3n) is 10.5. The molecular formula is C43H50N2O8S. The van der Waals surface area contributed by atoms with Crippen LogP contribution in [0.4, 0.5) is 5.69 Å². The number of anilines is 1. The van der Waals surface area contributed by atoms with Gasteiger partial charge < -0.3 is 34.6 Å². The second-order valence-corrected chi connectivity index (χ2v) is 15.3. The Morgan fingerprint density at radius 2 is 1.80 bits per heavy atom. The molecule has 0 spiro atoms. The number of aliphatic hydroxyl groups is 2. The van der Waals surface area contributed by atoms with E-state index in [-0.39, 0.29) is 54.6 Å². The van der Waals surface area contributed by atoms with Crippen molar-refractivity contribution in [2.24, 2.45) is 22.9 Å². The van der Waals surface area contributed by atoms with Gasteiger partial charge in [0, 0.05) is 54.2 Å². The molecule has 1 amide bonds. The van der Waals surface area contributed by atoms with Crippen molar-refractivity contribution in [3.8, 4) is 17.2 Å². The minimum Gasteiger partial charge on any atom is -0.460 e. The van der Waals surface area contributed by atoms with E-state index in [1.807, 2.05) is 42.5 Å². The maximum atomic E-state index is 11.7. The molecule has 1 fully saturated rings. The molecule has 2 aliphatic carbocycles. The monoisotopic (exact) mass is 754 g/mol. The van der Waals surface area contributed by atoms with Crippen molar-refractivity contribution in [1.29, 1.82) is 0 Å². The lowest BCUT2D eigenvalue weighted by Crippen LogP contribution is -2.64. The summed E-state index contributed by atoms with van der Waals surface area (Å²) in [6, 6.07) is 20.7. The van der Waals surface area contributed by atoms with Crippen molar-refractivity contribution in [3.05, 3.63) is 102 Å². The summed E-state index contributed by atoms with van der Waals surface area (Å²) in [4.78, 5) is 29.8. The van der Waals surface area contributed by atoms with E-state index in [2.05, 4.69) is 29.2 Å². The van der Waals surface area contributed by atoms with Gasteiger partial charge in [0.25, 0.3) is 0 Å². The SMILES string of the molecule is C=CCOC12Oc3ccc(Oc4cccc(C=O)c4)cc3C3C(CCCCO)C(CCCCO)C=C(C(=NOC)CC1Sc1ccc(NC(C)=O)cc1)C32. The third-order valence-corrected chi connectivity index (χ3v) is 11.8. The van der Waals surface area contributed by atoms with E-state index in [9.17, 15) is 19.8 Å². The van der Waals surface area contributed by atoms with Crippen LogP contribution in [-0.2, 0) is 14.4 Å². The molecule has 0 radical (unpaired) electrons. The Kier molecular flexibility index (Phi) is 13.3. The number of fused-ring (bicyclic) bond motifs is 2. The second-order valence-electron chi connectivity index (χ2n) is 14.0. The fourth-order valence-electron chi connectivity index (χ4n) is 8.37. The molecule has 1 heterocycles. The van der Waals surface area contributed by atoms with Crippen LogP contribution in [0.15, 0.2) is 101 Å². The second kappa shape index (κ2) is 18.3. The summed E-state index contributed by atoms with van der Waals surface area (Å²) >= 11 is 1.64. The number of carbonyl (C=O) groups is 2. The Labute approximate surface area is 321 Å². The van der Waals surface area contributed by atoms with Gasteiger partial charge in [-0.25, -0.2) is 0 Å². The molecule has 6 rings (SSSR count). The first-order valence-electron chi connectivity index (χ1n) is 18.7. The zero-order valence-electron chi connectivity index (χ0n) is 30.9. The van der Waals surface area contributed by atoms with Crippen LogP contribution < -0.4 is 14.8 Å². The van der Waals surface area contributed by atoms with Crippen molar-refractivity contribution in [1.82, 2.24) is 0 Å². The molecule has 10 nitrogen and oxygen atoms in total.